The number of hydrogen-bond acceptors (Lipinski definition) is 2. The molecular formula is C14H18O2. The molecule has 1 heterocycles. The van der Waals surface area contributed by atoms with Crippen LogP contribution in [0.4, 0.5) is 0 Å². The number of ether oxygens (including phenoxy) is 1. The third-order valence-electron chi connectivity index (χ3n) is 2.99. The van der Waals surface area contributed by atoms with E-state index in [2.05, 4.69) is 39.8 Å². The van der Waals surface area contributed by atoms with E-state index in [1.807, 2.05) is 6.08 Å². The Hall–Kier alpha value is -1.31. The Kier molecular flexibility index (Phi) is 2.53. The van der Waals surface area contributed by atoms with E-state index in [1.165, 1.54) is 5.57 Å². The molecule has 1 aliphatic carbocycles. The summed E-state index contributed by atoms with van der Waals surface area (Å²) in [5.41, 5.74) is 3.16. The first-order chi connectivity index (χ1) is 7.38. The maximum atomic E-state index is 11.5. The number of fused-ring (bicyclic) bond motifs is 1. The summed E-state index contributed by atoms with van der Waals surface area (Å²) in [5.74, 6) is 0.102. The molecule has 0 amide bonds. The van der Waals surface area contributed by atoms with Gasteiger partial charge in [-0.2, -0.15) is 0 Å². The van der Waals surface area contributed by atoms with Crippen molar-refractivity contribution in [2.75, 3.05) is 6.61 Å². The molecule has 1 aliphatic heterocycles. The second kappa shape index (κ2) is 3.62. The van der Waals surface area contributed by atoms with Gasteiger partial charge in [0, 0.05) is 5.57 Å². The summed E-state index contributed by atoms with van der Waals surface area (Å²) in [4.78, 5) is 11.5. The third kappa shape index (κ3) is 1.97. The van der Waals surface area contributed by atoms with Gasteiger partial charge in [0.05, 0.1) is 5.57 Å². The van der Waals surface area contributed by atoms with E-state index in [0.29, 0.717) is 6.61 Å². The number of carbonyl (C=O) groups is 1. The number of cyclic esters (lactones) is 1. The fraction of sp³-hybridized carbons (Fsp3) is 0.500. The lowest BCUT2D eigenvalue weighted by Gasteiger charge is -2.21. The van der Waals surface area contributed by atoms with E-state index < -0.39 is 0 Å². The first-order valence-corrected chi connectivity index (χ1v) is 5.70. The van der Waals surface area contributed by atoms with Crippen LogP contribution in [0.3, 0.4) is 0 Å². The molecule has 0 aromatic carbocycles. The fourth-order valence-electron chi connectivity index (χ4n) is 2.02. The molecule has 1 fully saturated rings. The van der Waals surface area contributed by atoms with Crippen molar-refractivity contribution in [2.45, 2.75) is 27.7 Å². The lowest BCUT2D eigenvalue weighted by molar-refractivity contribution is -0.135. The molecule has 0 spiro atoms. The summed E-state index contributed by atoms with van der Waals surface area (Å²) in [6.45, 7) is 9.08. The van der Waals surface area contributed by atoms with E-state index in [4.69, 9.17) is 4.74 Å². The highest BCUT2D eigenvalue weighted by atomic mass is 16.5. The molecule has 2 rings (SSSR count). The second-order valence-corrected chi connectivity index (χ2v) is 5.56. The second-order valence-electron chi connectivity index (χ2n) is 5.56. The zero-order valence-electron chi connectivity index (χ0n) is 10.3. The zero-order chi connectivity index (χ0) is 11.9. The zero-order valence-corrected chi connectivity index (χ0v) is 10.3. The SMILES string of the molecule is CC1C=C2C(=O)OCC2=CC(C(C)(C)C)=C1. The van der Waals surface area contributed by atoms with Crippen LogP contribution in [0.15, 0.2) is 34.9 Å². The Morgan fingerprint density at radius 2 is 2.00 bits per heavy atom. The molecule has 1 unspecified atom stereocenters. The summed E-state index contributed by atoms with van der Waals surface area (Å²) in [5, 5.41) is 0. The van der Waals surface area contributed by atoms with Crippen molar-refractivity contribution < 1.29 is 9.53 Å². The van der Waals surface area contributed by atoms with E-state index in [-0.39, 0.29) is 17.3 Å². The van der Waals surface area contributed by atoms with Gasteiger partial charge >= 0.3 is 5.97 Å². The van der Waals surface area contributed by atoms with Crippen molar-refractivity contribution in [1.29, 1.82) is 0 Å². The number of hydrogen-bond donors (Lipinski definition) is 0. The molecule has 2 aliphatic rings. The normalized spacial score (nSPS) is 25.1. The number of esters is 1. The molecule has 0 aromatic rings. The van der Waals surface area contributed by atoms with Crippen LogP contribution < -0.4 is 0 Å². The summed E-state index contributed by atoms with van der Waals surface area (Å²) in [6, 6.07) is 0. The molecule has 1 atom stereocenters. The van der Waals surface area contributed by atoms with Crippen molar-refractivity contribution in [2.24, 2.45) is 11.3 Å². The molecule has 0 saturated carbocycles. The Balaban J connectivity index is 2.45. The van der Waals surface area contributed by atoms with Gasteiger partial charge in [-0.3, -0.25) is 0 Å². The summed E-state index contributed by atoms with van der Waals surface area (Å²) >= 11 is 0. The van der Waals surface area contributed by atoms with Crippen LogP contribution >= 0.6 is 0 Å². The van der Waals surface area contributed by atoms with E-state index in [0.717, 1.165) is 11.1 Å². The Morgan fingerprint density at radius 3 is 2.62 bits per heavy atom. The van der Waals surface area contributed by atoms with Crippen LogP contribution in [-0.2, 0) is 9.53 Å². The monoisotopic (exact) mass is 218 g/mol. The highest BCUT2D eigenvalue weighted by Crippen LogP contribution is 2.34. The Bertz CT molecular complexity index is 417. The first-order valence-electron chi connectivity index (χ1n) is 5.70. The molecule has 16 heavy (non-hydrogen) atoms. The number of carbonyl (C=O) groups excluding carboxylic acids is 1. The predicted octanol–water partition coefficient (Wildman–Crippen LogP) is 3.02. The minimum absolute atomic E-state index is 0.107. The first kappa shape index (κ1) is 11.2. The van der Waals surface area contributed by atoms with Gasteiger partial charge in [-0.05, 0) is 16.9 Å². The van der Waals surface area contributed by atoms with Crippen LogP contribution in [0, 0.1) is 11.3 Å². The molecule has 2 heteroatoms. The van der Waals surface area contributed by atoms with Crippen LogP contribution in [-0.4, -0.2) is 12.6 Å². The molecule has 0 bridgehead atoms. The molecule has 0 radical (unpaired) electrons. The van der Waals surface area contributed by atoms with Gasteiger partial charge in [-0.25, -0.2) is 4.79 Å². The molecule has 0 aromatic heterocycles. The molecule has 1 saturated heterocycles. The van der Waals surface area contributed by atoms with Crippen LogP contribution in [0.25, 0.3) is 0 Å². The van der Waals surface area contributed by atoms with E-state index >= 15 is 0 Å². The standard InChI is InChI=1S/C14H18O2/c1-9-5-11(14(2,3)4)7-10-8-16-13(15)12(10)6-9/h5-7,9H,8H2,1-4H3. The quantitative estimate of drug-likeness (QED) is 0.584. The fourth-order valence-corrected chi connectivity index (χ4v) is 2.02. The van der Waals surface area contributed by atoms with Gasteiger partial charge in [0.25, 0.3) is 0 Å². The summed E-state index contributed by atoms with van der Waals surface area (Å²) in [6.07, 6.45) is 6.34. The minimum Gasteiger partial charge on any atom is -0.457 e. The third-order valence-corrected chi connectivity index (χ3v) is 2.99. The Labute approximate surface area is 96.7 Å². The topological polar surface area (TPSA) is 26.3 Å². The largest absolute Gasteiger partial charge is 0.457 e. The van der Waals surface area contributed by atoms with Gasteiger partial charge in [-0.15, -0.1) is 0 Å². The van der Waals surface area contributed by atoms with Gasteiger partial charge in [-0.1, -0.05) is 45.9 Å². The maximum Gasteiger partial charge on any atom is 0.338 e. The smallest absolute Gasteiger partial charge is 0.338 e. The highest BCUT2D eigenvalue weighted by Gasteiger charge is 2.28. The average Bonchev–Trinajstić information content (AvgIpc) is 2.41. The van der Waals surface area contributed by atoms with Crippen LogP contribution in [0.5, 0.6) is 0 Å². The highest BCUT2D eigenvalue weighted by molar-refractivity contribution is 5.96. The van der Waals surface area contributed by atoms with Crippen molar-refractivity contribution in [3.63, 3.8) is 0 Å². The number of rotatable bonds is 0. The van der Waals surface area contributed by atoms with Crippen molar-refractivity contribution >= 4 is 5.97 Å². The van der Waals surface area contributed by atoms with E-state index in [1.54, 1.807) is 0 Å². The summed E-state index contributed by atoms with van der Waals surface area (Å²) in [7, 11) is 0. The predicted molar refractivity (Wildman–Crippen MR) is 63.8 cm³/mol. The van der Waals surface area contributed by atoms with E-state index in [9.17, 15) is 4.79 Å². The molecule has 2 nitrogen and oxygen atoms in total. The van der Waals surface area contributed by atoms with Gasteiger partial charge in [0.15, 0.2) is 0 Å². The van der Waals surface area contributed by atoms with Crippen molar-refractivity contribution in [3.05, 3.63) is 34.9 Å². The van der Waals surface area contributed by atoms with Crippen molar-refractivity contribution in [3.8, 4) is 0 Å². The minimum atomic E-state index is -0.179. The van der Waals surface area contributed by atoms with Gasteiger partial charge in [0.2, 0.25) is 0 Å². The maximum absolute atomic E-state index is 11.5. The van der Waals surface area contributed by atoms with Crippen LogP contribution in [0.2, 0.25) is 0 Å². The van der Waals surface area contributed by atoms with Crippen molar-refractivity contribution in [1.82, 2.24) is 0 Å². The summed E-state index contributed by atoms with van der Waals surface area (Å²) < 4.78 is 5.06. The average molecular weight is 218 g/mol. The number of allylic oxidation sites excluding steroid dienone is 4. The lowest BCUT2D eigenvalue weighted by atomic mass is 9.84. The van der Waals surface area contributed by atoms with Crippen LogP contribution in [0.1, 0.15) is 27.7 Å². The Morgan fingerprint density at radius 1 is 1.31 bits per heavy atom. The lowest BCUT2D eigenvalue weighted by Crippen LogP contribution is -2.08. The van der Waals surface area contributed by atoms with Gasteiger partial charge in [0.1, 0.15) is 6.61 Å². The van der Waals surface area contributed by atoms with Gasteiger partial charge < -0.3 is 4.74 Å². The molecule has 0 N–H and O–H groups in total. The molecule has 86 valence electrons. The molecular weight excluding hydrogens is 200 g/mol.